The number of amides is 3. The third-order valence-electron chi connectivity index (χ3n) is 11.0. The lowest BCUT2D eigenvalue weighted by atomic mass is 9.88. The SMILES string of the molecule is CC(=O)N[C@H]1[C@H]([C@H](O)[C@H](O)CO)O[C@@](OC[C@@H](O)[C@H](O)[C@H](O[C@@H]2O[C@H](CO)[C@H](O)[C@H](O[C@]3(C(=O)O)C[C@H](O)[C@@H](NC(C)=O)[C@H]([C@H](O)[C@H](O)CO)O3)[C@H]2O)[C@H](CO)NC(C)=O)(C(=O)O)C[C@@H]1O. The van der Waals surface area contributed by atoms with Gasteiger partial charge in [-0.25, -0.2) is 9.59 Å². The highest BCUT2D eigenvalue weighted by Crippen LogP contribution is 2.38. The van der Waals surface area contributed by atoms with Gasteiger partial charge >= 0.3 is 11.9 Å². The Labute approximate surface area is 373 Å². The monoisotopic (exact) mass is 967 g/mol. The highest BCUT2D eigenvalue weighted by atomic mass is 16.8. The molecule has 3 aliphatic rings. The first kappa shape index (κ1) is 56.9. The number of aliphatic carboxylic acids is 2. The number of ether oxygens (including phenoxy) is 6. The summed E-state index contributed by atoms with van der Waals surface area (Å²) in [7, 11) is 0. The number of aliphatic hydroxyl groups excluding tert-OH is 14. The second-order valence-corrected chi connectivity index (χ2v) is 16.0. The summed E-state index contributed by atoms with van der Waals surface area (Å²) in [6.45, 7) is -3.00. The minimum absolute atomic E-state index is 0.808. The third kappa shape index (κ3) is 13.2. The van der Waals surface area contributed by atoms with E-state index in [1.54, 1.807) is 0 Å². The topological polar surface area (TPSA) is 500 Å². The van der Waals surface area contributed by atoms with Gasteiger partial charge in [-0.15, -0.1) is 0 Å². The number of carbonyl (C=O) groups is 5. The molecule has 0 aromatic rings. The Kier molecular flexibility index (Phi) is 20.9. The van der Waals surface area contributed by atoms with Crippen molar-refractivity contribution in [3.63, 3.8) is 0 Å². The van der Waals surface area contributed by atoms with Gasteiger partial charge in [-0.05, 0) is 0 Å². The summed E-state index contributed by atoms with van der Waals surface area (Å²) >= 11 is 0. The van der Waals surface area contributed by atoms with Crippen molar-refractivity contribution in [3.8, 4) is 0 Å². The molecule has 3 saturated heterocycles. The van der Waals surface area contributed by atoms with Crippen molar-refractivity contribution in [2.24, 2.45) is 0 Å². The molecule has 30 nitrogen and oxygen atoms in total. The van der Waals surface area contributed by atoms with Crippen molar-refractivity contribution in [1.82, 2.24) is 16.0 Å². The van der Waals surface area contributed by atoms with Crippen LogP contribution in [0.5, 0.6) is 0 Å². The lowest BCUT2D eigenvalue weighted by molar-refractivity contribution is -0.376. The number of nitrogens with one attached hydrogen (secondary N) is 3. The quantitative estimate of drug-likeness (QED) is 0.0452. The first-order valence-corrected chi connectivity index (χ1v) is 20.3. The van der Waals surface area contributed by atoms with Crippen LogP contribution < -0.4 is 16.0 Å². The maximum Gasteiger partial charge on any atom is 0.364 e. The van der Waals surface area contributed by atoms with E-state index in [9.17, 15) is 106 Å². The molecule has 0 spiro atoms. The highest BCUT2D eigenvalue weighted by molar-refractivity contribution is 5.77. The van der Waals surface area contributed by atoms with Gasteiger partial charge in [-0.1, -0.05) is 0 Å². The van der Waals surface area contributed by atoms with Crippen LogP contribution in [0.3, 0.4) is 0 Å². The van der Waals surface area contributed by atoms with Crippen LogP contribution in [-0.2, 0) is 52.4 Å². The van der Waals surface area contributed by atoms with Gasteiger partial charge in [0.2, 0.25) is 17.7 Å². The van der Waals surface area contributed by atoms with Gasteiger partial charge in [-0.3, -0.25) is 14.4 Å². The summed E-state index contributed by atoms with van der Waals surface area (Å²) < 4.78 is 33.2. The highest BCUT2D eigenvalue weighted by Gasteiger charge is 2.60. The molecule has 66 heavy (non-hydrogen) atoms. The van der Waals surface area contributed by atoms with Crippen LogP contribution in [-0.4, -0.2) is 272 Å². The van der Waals surface area contributed by atoms with E-state index in [-0.39, 0.29) is 0 Å². The van der Waals surface area contributed by atoms with Crippen LogP contribution >= 0.6 is 0 Å². The fraction of sp³-hybridized carbons (Fsp3) is 0.861. The molecule has 0 aromatic heterocycles. The molecule has 3 heterocycles. The van der Waals surface area contributed by atoms with Crippen LogP contribution in [0.1, 0.15) is 33.6 Å². The molecule has 0 aliphatic carbocycles. The van der Waals surface area contributed by atoms with E-state index in [0.717, 1.165) is 20.8 Å². The van der Waals surface area contributed by atoms with Gasteiger partial charge in [0.15, 0.2) is 6.29 Å². The van der Waals surface area contributed by atoms with E-state index in [4.69, 9.17) is 28.4 Å². The molecule has 382 valence electrons. The van der Waals surface area contributed by atoms with E-state index in [2.05, 4.69) is 16.0 Å². The standard InChI is InChI=1S/C36H61N3O27/c1-11(44)37-14(6-40)28(25(54)19(51)10-61-35(33(57)58)4-15(47)21(38-12(2)45)29(64-35)23(52)17(49)7-41)63-32-27(56)31(26(55)20(9-43)62-32)66-36(34(59)60)5-16(48)22(39-13(3)46)30(65-36)24(53)18(50)8-42/h14-32,40-43,47-56H,4-10H2,1-3H3,(H,37,44)(H,38,45)(H,39,46)(H,57,58)(H,59,60)/t14-,15-,16-,17+,18+,19+,20+,21+,22+,23+,24+,25-,26-,27+,28+,29+,30+,31-,32-,35+,36-/m0/s1. The maximum absolute atomic E-state index is 12.9. The Morgan fingerprint density at radius 3 is 1.55 bits per heavy atom. The van der Waals surface area contributed by atoms with Crippen LogP contribution in [0.4, 0.5) is 0 Å². The number of carboxylic acids is 2. The van der Waals surface area contributed by atoms with E-state index in [0.29, 0.717) is 0 Å². The number of hydrogen-bond acceptors (Lipinski definition) is 25. The first-order valence-electron chi connectivity index (χ1n) is 20.3. The molecule has 0 aromatic carbocycles. The summed E-state index contributed by atoms with van der Waals surface area (Å²) in [5.41, 5.74) is 0. The molecule has 0 unspecified atom stereocenters. The molecule has 3 aliphatic heterocycles. The van der Waals surface area contributed by atoms with Crippen LogP contribution in [0.2, 0.25) is 0 Å². The zero-order valence-electron chi connectivity index (χ0n) is 35.6. The van der Waals surface area contributed by atoms with E-state index in [1.165, 1.54) is 0 Å². The van der Waals surface area contributed by atoms with Gasteiger partial charge in [-0.2, -0.15) is 0 Å². The lowest BCUT2D eigenvalue weighted by Crippen LogP contribution is -2.70. The normalized spacial score (nSPS) is 36.3. The van der Waals surface area contributed by atoms with Crippen molar-refractivity contribution in [2.45, 2.75) is 161 Å². The first-order chi connectivity index (χ1) is 30.7. The number of rotatable bonds is 23. The smallest absolute Gasteiger partial charge is 0.364 e. The maximum atomic E-state index is 12.9. The van der Waals surface area contributed by atoms with Crippen LogP contribution in [0, 0.1) is 0 Å². The van der Waals surface area contributed by atoms with Crippen molar-refractivity contribution in [2.75, 3.05) is 33.0 Å². The molecule has 21 atom stereocenters. The predicted molar refractivity (Wildman–Crippen MR) is 205 cm³/mol. The van der Waals surface area contributed by atoms with Crippen molar-refractivity contribution >= 4 is 29.7 Å². The number of aliphatic hydroxyl groups is 14. The Hall–Kier alpha value is -3.45. The Morgan fingerprint density at radius 2 is 1.14 bits per heavy atom. The fourth-order valence-electron chi connectivity index (χ4n) is 7.65. The van der Waals surface area contributed by atoms with Gasteiger partial charge < -0.3 is 126 Å². The summed E-state index contributed by atoms with van der Waals surface area (Å²) in [4.78, 5) is 61.6. The Bertz CT molecular complexity index is 1630. The fourth-order valence-corrected chi connectivity index (χ4v) is 7.65. The third-order valence-corrected chi connectivity index (χ3v) is 11.0. The lowest BCUT2D eigenvalue weighted by Gasteiger charge is -2.50. The van der Waals surface area contributed by atoms with Gasteiger partial charge in [0.1, 0.15) is 79.4 Å². The second-order valence-electron chi connectivity index (χ2n) is 16.0. The molecule has 0 saturated carbocycles. The second kappa shape index (κ2) is 24.2. The molecule has 3 rings (SSSR count). The minimum atomic E-state index is -3.22. The summed E-state index contributed by atoms with van der Waals surface area (Å²) in [6.07, 6.45) is -37.2. The van der Waals surface area contributed by atoms with Crippen molar-refractivity contribution < 1.29 is 134 Å². The zero-order chi connectivity index (χ0) is 50.2. The molecule has 3 fully saturated rings. The largest absolute Gasteiger partial charge is 0.477 e. The molecular formula is C36H61N3O27. The average Bonchev–Trinajstić information content (AvgIpc) is 3.25. The minimum Gasteiger partial charge on any atom is -0.477 e. The van der Waals surface area contributed by atoms with Crippen LogP contribution in [0.25, 0.3) is 0 Å². The zero-order valence-corrected chi connectivity index (χ0v) is 35.6. The molecule has 0 radical (unpaired) electrons. The predicted octanol–water partition coefficient (Wildman–Crippen LogP) is -11.3. The van der Waals surface area contributed by atoms with E-state index < -0.39 is 203 Å². The van der Waals surface area contributed by atoms with E-state index in [1.807, 2.05) is 0 Å². The molecule has 3 amide bonds. The number of carbonyl (C=O) groups excluding carboxylic acids is 3. The van der Waals surface area contributed by atoms with Gasteiger partial charge in [0.05, 0.1) is 63.4 Å². The summed E-state index contributed by atoms with van der Waals surface area (Å²) in [5.74, 6) is -13.0. The molecule has 30 heteroatoms. The van der Waals surface area contributed by atoms with Gasteiger partial charge in [0, 0.05) is 33.6 Å². The van der Waals surface area contributed by atoms with Crippen LogP contribution in [0.15, 0.2) is 0 Å². The van der Waals surface area contributed by atoms with Crippen molar-refractivity contribution in [3.05, 3.63) is 0 Å². The number of carboxylic acid groups (broad SMARTS) is 2. The van der Waals surface area contributed by atoms with E-state index >= 15 is 0 Å². The molecular weight excluding hydrogens is 906 g/mol. The molecule has 0 bridgehead atoms. The Balaban J connectivity index is 2.00. The average molecular weight is 968 g/mol. The number of hydrogen-bond donors (Lipinski definition) is 19. The Morgan fingerprint density at radius 1 is 0.667 bits per heavy atom. The van der Waals surface area contributed by atoms with Crippen molar-refractivity contribution in [1.29, 1.82) is 0 Å². The summed E-state index contributed by atoms with van der Waals surface area (Å²) in [5, 5.41) is 176. The summed E-state index contributed by atoms with van der Waals surface area (Å²) in [6, 6.07) is -5.10. The van der Waals surface area contributed by atoms with Gasteiger partial charge in [0.25, 0.3) is 11.6 Å². The molecule has 19 N–H and O–H groups in total.